The van der Waals surface area contributed by atoms with Crippen molar-refractivity contribution in [1.29, 1.82) is 0 Å². The number of hydrogen-bond donors (Lipinski definition) is 1. The number of alkyl halides is 3. The van der Waals surface area contributed by atoms with Crippen molar-refractivity contribution in [3.8, 4) is 22.5 Å². The molecule has 0 aliphatic heterocycles. The number of aromatic nitrogens is 3. The Bertz CT molecular complexity index is 923. The number of carbonyl (C=O) groups is 1. The molecule has 1 N–H and O–H groups in total. The van der Waals surface area contributed by atoms with Crippen LogP contribution in [0.15, 0.2) is 47.2 Å². The van der Waals surface area contributed by atoms with E-state index in [1.54, 1.807) is 43.6 Å². The summed E-state index contributed by atoms with van der Waals surface area (Å²) in [6, 6.07) is 8.12. The molecule has 1 aromatic carbocycles. The first-order valence-corrected chi connectivity index (χ1v) is 7.64. The fraction of sp³-hybridized carbons (Fsp3) is 0.176. The molecule has 0 aliphatic rings. The van der Waals surface area contributed by atoms with Crippen LogP contribution in [0, 0.1) is 0 Å². The highest BCUT2D eigenvalue weighted by atomic mass is 19.4. The van der Waals surface area contributed by atoms with Crippen LogP contribution in [0.3, 0.4) is 0 Å². The molecule has 0 saturated heterocycles. The van der Waals surface area contributed by atoms with Crippen molar-refractivity contribution in [3.63, 3.8) is 0 Å². The Morgan fingerprint density at radius 1 is 1.15 bits per heavy atom. The van der Waals surface area contributed by atoms with Gasteiger partial charge in [-0.05, 0) is 41.5 Å². The van der Waals surface area contributed by atoms with Gasteiger partial charge >= 0.3 is 12.1 Å². The summed E-state index contributed by atoms with van der Waals surface area (Å²) in [7, 11) is 0. The summed E-state index contributed by atoms with van der Waals surface area (Å²) >= 11 is 0. The van der Waals surface area contributed by atoms with Crippen molar-refractivity contribution in [2.24, 2.45) is 0 Å². The number of anilines is 1. The summed E-state index contributed by atoms with van der Waals surface area (Å²) in [4.78, 5) is 19.0. The fourth-order valence-electron chi connectivity index (χ4n) is 2.28. The molecule has 0 fully saturated rings. The van der Waals surface area contributed by atoms with Crippen LogP contribution in [0.4, 0.5) is 18.9 Å². The number of amides is 1. The molecule has 0 radical (unpaired) electrons. The van der Waals surface area contributed by atoms with Crippen LogP contribution in [0.2, 0.25) is 0 Å². The molecule has 0 atom stereocenters. The molecule has 2 heterocycles. The topological polar surface area (TPSA) is 80.9 Å². The lowest BCUT2D eigenvalue weighted by Gasteiger charge is -2.10. The van der Waals surface area contributed by atoms with E-state index in [9.17, 15) is 18.0 Å². The van der Waals surface area contributed by atoms with Crippen LogP contribution in [-0.4, -0.2) is 21.0 Å². The molecule has 0 aliphatic carbocycles. The average Bonchev–Trinajstić information content (AvgIpc) is 3.12. The van der Waals surface area contributed by atoms with Gasteiger partial charge in [0.25, 0.3) is 0 Å². The van der Waals surface area contributed by atoms with Gasteiger partial charge in [-0.25, -0.2) is 0 Å². The first-order valence-electron chi connectivity index (χ1n) is 7.64. The first-order chi connectivity index (χ1) is 12.4. The highest BCUT2D eigenvalue weighted by Crippen LogP contribution is 2.35. The summed E-state index contributed by atoms with van der Waals surface area (Å²) in [6.07, 6.45) is -1.33. The molecule has 0 unspecified atom stereocenters. The highest BCUT2D eigenvalue weighted by molar-refractivity contribution is 5.93. The van der Waals surface area contributed by atoms with E-state index < -0.39 is 12.1 Å². The predicted molar refractivity (Wildman–Crippen MR) is 86.9 cm³/mol. The summed E-state index contributed by atoms with van der Waals surface area (Å²) in [6.45, 7) is 1.71. The van der Waals surface area contributed by atoms with E-state index in [-0.39, 0.29) is 11.7 Å². The molecule has 3 rings (SSSR count). The summed E-state index contributed by atoms with van der Waals surface area (Å²) in [5, 5.41) is 6.15. The minimum absolute atomic E-state index is 0.183. The van der Waals surface area contributed by atoms with Crippen molar-refractivity contribution < 1.29 is 22.5 Å². The molecule has 9 heteroatoms. The van der Waals surface area contributed by atoms with Gasteiger partial charge in [-0.2, -0.15) is 18.2 Å². The lowest BCUT2D eigenvalue weighted by Crippen LogP contribution is -2.09. The lowest BCUT2D eigenvalue weighted by atomic mass is 9.99. The maximum atomic E-state index is 12.7. The van der Waals surface area contributed by atoms with Crippen LogP contribution in [-0.2, 0) is 11.0 Å². The Kier molecular flexibility index (Phi) is 4.70. The van der Waals surface area contributed by atoms with E-state index in [1.165, 1.54) is 6.07 Å². The maximum absolute atomic E-state index is 12.7. The molecule has 0 saturated carbocycles. The van der Waals surface area contributed by atoms with Crippen LogP contribution >= 0.6 is 0 Å². The Labute approximate surface area is 146 Å². The van der Waals surface area contributed by atoms with Crippen LogP contribution in [0.1, 0.15) is 19.2 Å². The number of nitrogens with one attached hydrogen (secondary N) is 1. The van der Waals surface area contributed by atoms with Gasteiger partial charge in [0, 0.05) is 30.1 Å². The SMILES string of the molecule is CCC(=O)Nc1ccc(-c2noc(C(F)(F)F)n2)c(-c2ccncc2)c1. The number of halogens is 3. The van der Waals surface area contributed by atoms with E-state index in [0.29, 0.717) is 28.8 Å². The van der Waals surface area contributed by atoms with E-state index >= 15 is 0 Å². The van der Waals surface area contributed by atoms with Crippen LogP contribution < -0.4 is 5.32 Å². The minimum atomic E-state index is -4.73. The zero-order valence-electron chi connectivity index (χ0n) is 13.5. The summed E-state index contributed by atoms with van der Waals surface area (Å²) < 4.78 is 42.5. The third-order valence-electron chi connectivity index (χ3n) is 3.53. The van der Waals surface area contributed by atoms with Gasteiger partial charge < -0.3 is 9.84 Å². The largest absolute Gasteiger partial charge is 0.471 e. The van der Waals surface area contributed by atoms with E-state index in [0.717, 1.165) is 0 Å². The van der Waals surface area contributed by atoms with Crippen molar-refractivity contribution >= 4 is 11.6 Å². The second-order valence-electron chi connectivity index (χ2n) is 5.32. The fourth-order valence-corrected chi connectivity index (χ4v) is 2.28. The quantitative estimate of drug-likeness (QED) is 0.753. The van der Waals surface area contributed by atoms with Gasteiger partial charge in [-0.1, -0.05) is 12.1 Å². The molecular weight excluding hydrogens is 349 g/mol. The number of hydrogen-bond acceptors (Lipinski definition) is 5. The second-order valence-corrected chi connectivity index (χ2v) is 5.32. The van der Waals surface area contributed by atoms with Crippen molar-refractivity contribution in [2.45, 2.75) is 19.5 Å². The number of rotatable bonds is 4. The monoisotopic (exact) mass is 362 g/mol. The Balaban J connectivity index is 2.09. The van der Waals surface area contributed by atoms with Gasteiger partial charge in [-0.3, -0.25) is 9.78 Å². The molecular formula is C17H13F3N4O2. The zero-order chi connectivity index (χ0) is 18.7. The van der Waals surface area contributed by atoms with Crippen molar-refractivity contribution in [3.05, 3.63) is 48.6 Å². The van der Waals surface area contributed by atoms with Crippen LogP contribution in [0.5, 0.6) is 0 Å². The number of nitrogens with zero attached hydrogens (tertiary/aromatic N) is 3. The molecule has 0 bridgehead atoms. The van der Waals surface area contributed by atoms with E-state index in [2.05, 4.69) is 25.0 Å². The summed E-state index contributed by atoms with van der Waals surface area (Å²) in [5.74, 6) is -1.80. The van der Waals surface area contributed by atoms with Gasteiger partial charge in [0.1, 0.15) is 0 Å². The minimum Gasteiger partial charge on any atom is -0.329 e. The number of benzene rings is 1. The third-order valence-corrected chi connectivity index (χ3v) is 3.53. The van der Waals surface area contributed by atoms with Gasteiger partial charge in [-0.15, -0.1) is 0 Å². The lowest BCUT2D eigenvalue weighted by molar-refractivity contribution is -0.159. The predicted octanol–water partition coefficient (Wildman–Crippen LogP) is 4.17. The molecule has 0 spiro atoms. The third kappa shape index (κ3) is 3.71. The Morgan fingerprint density at radius 3 is 2.50 bits per heavy atom. The van der Waals surface area contributed by atoms with E-state index in [4.69, 9.17) is 0 Å². The Hall–Kier alpha value is -3.23. The van der Waals surface area contributed by atoms with Crippen molar-refractivity contribution in [2.75, 3.05) is 5.32 Å². The Morgan fingerprint density at radius 2 is 1.88 bits per heavy atom. The van der Waals surface area contributed by atoms with Gasteiger partial charge in [0.2, 0.25) is 11.7 Å². The average molecular weight is 362 g/mol. The number of carbonyl (C=O) groups excluding carboxylic acids is 1. The highest BCUT2D eigenvalue weighted by Gasteiger charge is 2.38. The smallest absolute Gasteiger partial charge is 0.329 e. The molecule has 6 nitrogen and oxygen atoms in total. The van der Waals surface area contributed by atoms with Gasteiger partial charge in [0.05, 0.1) is 0 Å². The second kappa shape index (κ2) is 6.95. The molecule has 26 heavy (non-hydrogen) atoms. The first kappa shape index (κ1) is 17.6. The normalized spacial score (nSPS) is 11.4. The molecule has 1 amide bonds. The maximum Gasteiger partial charge on any atom is 0.471 e. The molecule has 3 aromatic rings. The zero-order valence-corrected chi connectivity index (χ0v) is 13.5. The van der Waals surface area contributed by atoms with Crippen LogP contribution in [0.25, 0.3) is 22.5 Å². The van der Waals surface area contributed by atoms with E-state index in [1.807, 2.05) is 0 Å². The van der Waals surface area contributed by atoms with Crippen molar-refractivity contribution in [1.82, 2.24) is 15.1 Å². The van der Waals surface area contributed by atoms with Gasteiger partial charge in [0.15, 0.2) is 0 Å². The summed E-state index contributed by atoms with van der Waals surface area (Å²) in [5.41, 5.74) is 2.06. The number of pyridine rings is 1. The molecule has 134 valence electrons. The standard InChI is InChI=1S/C17H13F3N4O2/c1-2-14(25)22-11-3-4-12(13(9-11)10-5-7-21-8-6-10)15-23-16(26-24-15)17(18,19)20/h3-9H,2H2,1H3,(H,22,25). The molecule has 2 aromatic heterocycles.